The van der Waals surface area contributed by atoms with Crippen molar-refractivity contribution in [2.45, 2.75) is 6.92 Å². The summed E-state index contributed by atoms with van der Waals surface area (Å²) in [6.45, 7) is 2.30. The third-order valence-electron chi connectivity index (χ3n) is 4.55. The summed E-state index contributed by atoms with van der Waals surface area (Å²) >= 11 is 6.47. The van der Waals surface area contributed by atoms with Gasteiger partial charge in [0.25, 0.3) is 5.91 Å². The van der Waals surface area contributed by atoms with Gasteiger partial charge in [0.2, 0.25) is 5.95 Å². The molecule has 0 spiro atoms. The maximum absolute atomic E-state index is 12.1. The highest BCUT2D eigenvalue weighted by molar-refractivity contribution is 6.38. The number of amides is 1. The second-order valence-corrected chi connectivity index (χ2v) is 6.88. The summed E-state index contributed by atoms with van der Waals surface area (Å²) in [5.41, 5.74) is 2.70. The number of hydrogen-bond donors (Lipinski definition) is 3. The second-order valence-electron chi connectivity index (χ2n) is 6.50. The maximum Gasteiger partial charge on any atom is 0.252 e. The molecule has 2 aromatic heterocycles. The zero-order valence-corrected chi connectivity index (χ0v) is 16.9. The molecule has 4 rings (SSSR count). The largest absolute Gasteiger partial charge is 0.352 e. The number of anilines is 2. The Hall–Kier alpha value is -3.90. The van der Waals surface area contributed by atoms with Crippen LogP contribution in [0.5, 0.6) is 0 Å². The van der Waals surface area contributed by atoms with Gasteiger partial charge in [0.15, 0.2) is 5.82 Å². The van der Waals surface area contributed by atoms with Crippen LogP contribution < -0.4 is 10.6 Å². The van der Waals surface area contributed by atoms with Crippen molar-refractivity contribution in [3.05, 3.63) is 52.7 Å². The average molecular weight is 421 g/mol. The zero-order chi connectivity index (χ0) is 21.3. The number of nitriles is 1. The Morgan fingerprint density at radius 2 is 2.17 bits per heavy atom. The quantitative estimate of drug-likeness (QED) is 0.454. The van der Waals surface area contributed by atoms with E-state index >= 15 is 0 Å². The number of rotatable bonds is 5. The number of hydrogen-bond acceptors (Lipinski definition) is 6. The van der Waals surface area contributed by atoms with Crippen LogP contribution in [0.2, 0.25) is 5.02 Å². The van der Waals surface area contributed by atoms with Crippen LogP contribution in [0.4, 0.5) is 11.6 Å². The molecule has 2 heterocycles. The monoisotopic (exact) mass is 420 g/mol. The topological polar surface area (TPSA) is 124 Å². The van der Waals surface area contributed by atoms with Gasteiger partial charge in [0, 0.05) is 24.5 Å². The molecular formula is C20H17ClN8O. The first-order valence-corrected chi connectivity index (χ1v) is 9.52. The van der Waals surface area contributed by atoms with Crippen LogP contribution in [0, 0.1) is 11.3 Å². The molecule has 9 nitrogen and oxygen atoms in total. The summed E-state index contributed by atoms with van der Waals surface area (Å²) in [6.07, 6.45) is 1.66. The van der Waals surface area contributed by atoms with E-state index in [4.69, 9.17) is 11.6 Å². The molecule has 0 saturated heterocycles. The molecular weight excluding hydrogens is 404 g/mol. The lowest BCUT2D eigenvalue weighted by atomic mass is 10.0. The van der Waals surface area contributed by atoms with Crippen molar-refractivity contribution in [2.24, 2.45) is 7.05 Å². The van der Waals surface area contributed by atoms with Gasteiger partial charge in [-0.3, -0.25) is 9.89 Å². The van der Waals surface area contributed by atoms with Crippen molar-refractivity contribution in [1.29, 1.82) is 5.26 Å². The van der Waals surface area contributed by atoms with E-state index in [0.717, 1.165) is 10.9 Å². The number of nitrogens with zero attached hydrogens (tertiary/aromatic N) is 5. The molecule has 1 amide bonds. The number of benzene rings is 2. The predicted octanol–water partition coefficient (Wildman–Crippen LogP) is 3.38. The highest BCUT2D eigenvalue weighted by Crippen LogP contribution is 2.32. The van der Waals surface area contributed by atoms with Gasteiger partial charge in [-0.1, -0.05) is 17.7 Å². The maximum atomic E-state index is 12.1. The Morgan fingerprint density at radius 3 is 2.93 bits per heavy atom. The molecule has 0 saturated carbocycles. The lowest BCUT2D eigenvalue weighted by Crippen LogP contribution is -2.23. The Labute approximate surface area is 176 Å². The van der Waals surface area contributed by atoms with E-state index in [-0.39, 0.29) is 11.5 Å². The number of halogens is 1. The molecule has 3 N–H and O–H groups in total. The molecule has 0 radical (unpaired) electrons. The van der Waals surface area contributed by atoms with Gasteiger partial charge in [-0.15, -0.1) is 5.10 Å². The van der Waals surface area contributed by atoms with Crippen LogP contribution in [0.3, 0.4) is 0 Å². The van der Waals surface area contributed by atoms with Crippen LogP contribution in [0.15, 0.2) is 36.5 Å². The summed E-state index contributed by atoms with van der Waals surface area (Å²) in [4.78, 5) is 16.6. The number of aromatic amines is 1. The van der Waals surface area contributed by atoms with E-state index in [1.165, 1.54) is 0 Å². The van der Waals surface area contributed by atoms with Crippen molar-refractivity contribution in [1.82, 2.24) is 30.3 Å². The second kappa shape index (κ2) is 7.85. The minimum Gasteiger partial charge on any atom is -0.352 e. The van der Waals surface area contributed by atoms with Gasteiger partial charge >= 0.3 is 0 Å². The normalized spacial score (nSPS) is 10.7. The van der Waals surface area contributed by atoms with Crippen molar-refractivity contribution in [2.75, 3.05) is 11.9 Å². The average Bonchev–Trinajstić information content (AvgIpc) is 3.37. The van der Waals surface area contributed by atoms with Crippen molar-refractivity contribution in [3.8, 4) is 17.5 Å². The molecule has 0 aliphatic heterocycles. The molecule has 10 heteroatoms. The van der Waals surface area contributed by atoms with Gasteiger partial charge in [-0.2, -0.15) is 15.3 Å². The van der Waals surface area contributed by atoms with E-state index in [2.05, 4.69) is 37.0 Å². The third kappa shape index (κ3) is 3.44. The molecule has 0 bridgehead atoms. The number of nitrogens with one attached hydrogen (secondary N) is 3. The van der Waals surface area contributed by atoms with Crippen LogP contribution >= 0.6 is 11.6 Å². The Bertz CT molecular complexity index is 1300. The first-order valence-electron chi connectivity index (χ1n) is 9.14. The highest BCUT2D eigenvalue weighted by atomic mass is 35.5. The van der Waals surface area contributed by atoms with Gasteiger partial charge in [-0.05, 0) is 31.2 Å². The molecule has 2 aromatic carbocycles. The summed E-state index contributed by atoms with van der Waals surface area (Å²) in [5, 5.41) is 27.9. The molecule has 150 valence electrons. The first kappa shape index (κ1) is 19.4. The minimum atomic E-state index is -0.291. The number of carbonyl (C=O) groups excluding carboxylic acids is 1. The third-order valence-corrected chi connectivity index (χ3v) is 4.96. The number of carbonyl (C=O) groups is 1. The standard InChI is InChI=1S/C20H17ClN8O/c1-3-23-19(30)13-5-4-11(8-12(13)9-22)18-26-20(29(2)28-18)25-16-7-6-15-14(17(16)21)10-24-27-15/h4-8,10H,3H2,1-2H3,(H,23,30)(H,24,27)(H,25,26,28). The summed E-state index contributed by atoms with van der Waals surface area (Å²) < 4.78 is 1.58. The van der Waals surface area contributed by atoms with Crippen LogP contribution in [-0.2, 0) is 7.05 Å². The molecule has 30 heavy (non-hydrogen) atoms. The fourth-order valence-electron chi connectivity index (χ4n) is 3.05. The van der Waals surface area contributed by atoms with E-state index in [1.54, 1.807) is 36.1 Å². The number of aromatic nitrogens is 5. The molecule has 0 atom stereocenters. The van der Waals surface area contributed by atoms with E-state index < -0.39 is 0 Å². The Kier molecular flexibility index (Phi) is 5.08. The van der Waals surface area contributed by atoms with Gasteiger partial charge in [0.1, 0.15) is 0 Å². The van der Waals surface area contributed by atoms with Crippen molar-refractivity contribution >= 4 is 40.0 Å². The highest BCUT2D eigenvalue weighted by Gasteiger charge is 2.16. The first-order chi connectivity index (χ1) is 14.5. The van der Waals surface area contributed by atoms with Crippen LogP contribution in [0.1, 0.15) is 22.8 Å². The molecule has 0 aliphatic carbocycles. The molecule has 4 aromatic rings. The van der Waals surface area contributed by atoms with E-state index in [0.29, 0.717) is 40.2 Å². The Balaban J connectivity index is 1.66. The number of aryl methyl sites for hydroxylation is 1. The van der Waals surface area contributed by atoms with Crippen LogP contribution in [-0.4, -0.2) is 37.4 Å². The van der Waals surface area contributed by atoms with Crippen LogP contribution in [0.25, 0.3) is 22.3 Å². The predicted molar refractivity (Wildman–Crippen MR) is 114 cm³/mol. The van der Waals surface area contributed by atoms with E-state index in [1.807, 2.05) is 19.1 Å². The van der Waals surface area contributed by atoms with E-state index in [9.17, 15) is 10.1 Å². The lowest BCUT2D eigenvalue weighted by molar-refractivity contribution is 0.0955. The summed E-state index contributed by atoms with van der Waals surface area (Å²) in [5.74, 6) is 0.599. The molecule has 0 aliphatic rings. The summed E-state index contributed by atoms with van der Waals surface area (Å²) in [7, 11) is 1.75. The molecule has 0 unspecified atom stereocenters. The van der Waals surface area contributed by atoms with Gasteiger partial charge in [-0.25, -0.2) is 4.68 Å². The number of H-pyrrole nitrogens is 1. The van der Waals surface area contributed by atoms with Gasteiger partial charge in [0.05, 0.1) is 39.6 Å². The van der Waals surface area contributed by atoms with Crippen molar-refractivity contribution in [3.63, 3.8) is 0 Å². The van der Waals surface area contributed by atoms with Gasteiger partial charge < -0.3 is 10.6 Å². The fraction of sp³-hybridized carbons (Fsp3) is 0.150. The Morgan fingerprint density at radius 1 is 1.33 bits per heavy atom. The lowest BCUT2D eigenvalue weighted by Gasteiger charge is -2.07. The smallest absolute Gasteiger partial charge is 0.252 e. The minimum absolute atomic E-state index is 0.258. The molecule has 0 fully saturated rings. The summed E-state index contributed by atoms with van der Waals surface area (Å²) in [6, 6.07) is 10.7. The zero-order valence-electron chi connectivity index (χ0n) is 16.2. The van der Waals surface area contributed by atoms with Crippen molar-refractivity contribution < 1.29 is 4.79 Å². The fourth-order valence-corrected chi connectivity index (χ4v) is 3.31. The number of fused-ring (bicyclic) bond motifs is 1. The SMILES string of the molecule is CCNC(=O)c1ccc(-c2nc(Nc3ccc4[nH]ncc4c3Cl)n(C)n2)cc1C#N.